The van der Waals surface area contributed by atoms with Crippen LogP contribution in [0.1, 0.15) is 44.9 Å². The molecule has 182 valence electrons. The van der Waals surface area contributed by atoms with Crippen molar-refractivity contribution < 1.29 is 19.4 Å². The summed E-state index contributed by atoms with van der Waals surface area (Å²) in [5, 5.41) is 10.3. The number of benzene rings is 2. The Morgan fingerprint density at radius 1 is 1.29 bits per heavy atom. The number of halogens is 1. The minimum absolute atomic E-state index is 0.0686. The summed E-state index contributed by atoms with van der Waals surface area (Å²) in [6.07, 6.45) is 1.45. The molecule has 1 aliphatic heterocycles. The van der Waals surface area contributed by atoms with E-state index in [4.69, 9.17) is 9.47 Å². The number of thiazole rings is 1. The first kappa shape index (κ1) is 25.2. The highest BCUT2D eigenvalue weighted by atomic mass is 127. The summed E-state index contributed by atoms with van der Waals surface area (Å²) in [7, 11) is 0. The molecule has 0 saturated carbocycles. The highest BCUT2D eigenvalue weighted by Gasteiger charge is 2.33. The number of rotatable bonds is 6. The van der Waals surface area contributed by atoms with Crippen molar-refractivity contribution in [1.82, 2.24) is 4.57 Å². The first-order valence-corrected chi connectivity index (χ1v) is 13.0. The van der Waals surface area contributed by atoms with Crippen molar-refractivity contribution in [1.29, 1.82) is 0 Å². The average molecular weight is 604 g/mol. The quantitative estimate of drug-likeness (QED) is 0.341. The van der Waals surface area contributed by atoms with Crippen molar-refractivity contribution in [3.63, 3.8) is 0 Å². The standard InChI is InChI=1S/C26H25IN2O5S/c1-5-33-19-12-16(11-18(27)23(19)30)13-20-24(31)29-22(17-9-7-6-8-10-17)21(25(32)34-14(2)3)15(4)28-26(29)35-20/h6-14,22,30H,5H2,1-4H3. The van der Waals surface area contributed by atoms with Gasteiger partial charge in [0, 0.05) is 0 Å². The monoisotopic (exact) mass is 604 g/mol. The molecule has 0 radical (unpaired) electrons. The minimum atomic E-state index is -0.653. The molecule has 0 amide bonds. The number of carbonyl (C=O) groups excluding carboxylic acids is 1. The number of hydrogen-bond donors (Lipinski definition) is 1. The lowest BCUT2D eigenvalue weighted by Gasteiger charge is -2.25. The fourth-order valence-corrected chi connectivity index (χ4v) is 5.58. The number of esters is 1. The van der Waals surface area contributed by atoms with Crippen LogP contribution in [0.15, 0.2) is 63.5 Å². The molecule has 1 aromatic heterocycles. The lowest BCUT2D eigenvalue weighted by molar-refractivity contribution is -0.143. The predicted octanol–water partition coefficient (Wildman–Crippen LogP) is 3.90. The summed E-state index contributed by atoms with van der Waals surface area (Å²) in [5.74, 6) is -0.0620. The van der Waals surface area contributed by atoms with Crippen molar-refractivity contribution in [2.45, 2.75) is 39.8 Å². The molecule has 1 N–H and O–H groups in total. The van der Waals surface area contributed by atoms with Crippen molar-refractivity contribution in [3.05, 3.63) is 88.1 Å². The number of hydrogen-bond acceptors (Lipinski definition) is 7. The van der Waals surface area contributed by atoms with Crippen molar-refractivity contribution in [3.8, 4) is 11.5 Å². The van der Waals surface area contributed by atoms with Gasteiger partial charge < -0.3 is 14.6 Å². The second-order valence-electron chi connectivity index (χ2n) is 8.23. The first-order chi connectivity index (χ1) is 16.7. The third-order valence-electron chi connectivity index (χ3n) is 5.35. The maximum Gasteiger partial charge on any atom is 0.338 e. The van der Waals surface area contributed by atoms with E-state index in [9.17, 15) is 14.7 Å². The van der Waals surface area contributed by atoms with Crippen molar-refractivity contribution >= 4 is 46.0 Å². The Balaban J connectivity index is 1.92. The van der Waals surface area contributed by atoms with Crippen LogP contribution in [0.4, 0.5) is 0 Å². The fraction of sp³-hybridized carbons (Fsp3) is 0.269. The van der Waals surface area contributed by atoms with Gasteiger partial charge in [-0.2, -0.15) is 0 Å². The number of nitrogens with zero attached hydrogens (tertiary/aromatic N) is 2. The Kier molecular flexibility index (Phi) is 7.46. The second-order valence-corrected chi connectivity index (χ2v) is 10.4. The van der Waals surface area contributed by atoms with Crippen molar-refractivity contribution in [2.75, 3.05) is 6.61 Å². The summed E-state index contributed by atoms with van der Waals surface area (Å²) in [6, 6.07) is 12.2. The van der Waals surface area contributed by atoms with Crippen LogP contribution in [0, 0.1) is 3.57 Å². The molecule has 0 aliphatic carbocycles. The summed E-state index contributed by atoms with van der Waals surface area (Å²) in [4.78, 5) is 31.9. The molecule has 1 aliphatic rings. The molecule has 0 fully saturated rings. The number of allylic oxidation sites excluding steroid dienone is 1. The van der Waals surface area contributed by atoms with Gasteiger partial charge in [0.05, 0.1) is 38.1 Å². The van der Waals surface area contributed by atoms with Crippen LogP contribution in [0.5, 0.6) is 11.5 Å². The number of phenolic OH excluding ortho intramolecular Hbond substituents is 1. The topological polar surface area (TPSA) is 90.1 Å². The molecular formula is C26H25IN2O5S. The van der Waals surface area contributed by atoms with E-state index >= 15 is 0 Å². The summed E-state index contributed by atoms with van der Waals surface area (Å²) < 4.78 is 13.7. The Hall–Kier alpha value is -2.92. The lowest BCUT2D eigenvalue weighted by atomic mass is 9.96. The summed E-state index contributed by atoms with van der Waals surface area (Å²) in [5.41, 5.74) is 2.12. The zero-order valence-corrected chi connectivity index (χ0v) is 22.7. The molecule has 2 heterocycles. The maximum atomic E-state index is 13.7. The number of carbonyl (C=O) groups is 1. The first-order valence-electron chi connectivity index (χ1n) is 11.1. The minimum Gasteiger partial charge on any atom is -0.504 e. The number of aromatic nitrogens is 1. The van der Waals surface area contributed by atoms with Gasteiger partial charge in [0.25, 0.3) is 5.56 Å². The SMILES string of the molecule is CCOc1cc(C=c2sc3n(c2=O)C(c2ccccc2)C(C(=O)OC(C)C)=C(C)N=3)cc(I)c1O. The molecule has 3 aromatic rings. The molecule has 35 heavy (non-hydrogen) atoms. The third kappa shape index (κ3) is 5.06. The largest absolute Gasteiger partial charge is 0.504 e. The molecule has 4 rings (SSSR count). The lowest BCUT2D eigenvalue weighted by Crippen LogP contribution is -2.40. The van der Waals surface area contributed by atoms with E-state index < -0.39 is 12.0 Å². The second kappa shape index (κ2) is 10.4. The van der Waals surface area contributed by atoms with Gasteiger partial charge in [-0.3, -0.25) is 9.36 Å². The number of fused-ring (bicyclic) bond motifs is 1. The highest BCUT2D eigenvalue weighted by molar-refractivity contribution is 14.1. The Bertz CT molecular complexity index is 1490. The van der Waals surface area contributed by atoms with Crippen molar-refractivity contribution in [2.24, 2.45) is 4.99 Å². The van der Waals surface area contributed by atoms with E-state index in [1.54, 1.807) is 43.5 Å². The van der Waals surface area contributed by atoms with Gasteiger partial charge in [0.15, 0.2) is 16.3 Å². The molecule has 1 unspecified atom stereocenters. The van der Waals surface area contributed by atoms with E-state index in [1.165, 1.54) is 11.3 Å². The highest BCUT2D eigenvalue weighted by Crippen LogP contribution is 2.33. The predicted molar refractivity (Wildman–Crippen MR) is 143 cm³/mol. The Labute approximate surface area is 220 Å². The molecule has 0 spiro atoms. The molecule has 1 atom stereocenters. The van der Waals surface area contributed by atoms with Crippen LogP contribution in [-0.2, 0) is 9.53 Å². The van der Waals surface area contributed by atoms with Gasteiger partial charge >= 0.3 is 5.97 Å². The van der Waals surface area contributed by atoms with E-state index in [0.29, 0.717) is 42.1 Å². The van der Waals surface area contributed by atoms with Gasteiger partial charge in [-0.15, -0.1) is 0 Å². The summed E-state index contributed by atoms with van der Waals surface area (Å²) >= 11 is 3.28. The molecule has 9 heteroatoms. The van der Waals surface area contributed by atoms with Gasteiger partial charge in [-0.05, 0) is 79.6 Å². The van der Waals surface area contributed by atoms with E-state index in [0.717, 1.165) is 5.56 Å². The van der Waals surface area contributed by atoms with E-state index in [1.807, 2.05) is 59.8 Å². The number of phenols is 1. The summed E-state index contributed by atoms with van der Waals surface area (Å²) in [6.45, 7) is 7.58. The Morgan fingerprint density at radius 3 is 2.66 bits per heavy atom. The van der Waals surface area contributed by atoms with E-state index in [2.05, 4.69) is 4.99 Å². The Morgan fingerprint density at radius 2 is 2.00 bits per heavy atom. The molecule has 2 aromatic carbocycles. The fourth-order valence-electron chi connectivity index (χ4n) is 3.90. The van der Waals surface area contributed by atoms with Gasteiger partial charge in [-0.1, -0.05) is 41.7 Å². The maximum absolute atomic E-state index is 13.7. The van der Waals surface area contributed by atoms with Gasteiger partial charge in [0.1, 0.15) is 0 Å². The molecular weight excluding hydrogens is 579 g/mol. The van der Waals surface area contributed by atoms with Gasteiger partial charge in [0.2, 0.25) is 0 Å². The zero-order valence-electron chi connectivity index (χ0n) is 19.7. The molecule has 0 saturated heterocycles. The van der Waals surface area contributed by atoms with E-state index in [-0.39, 0.29) is 17.4 Å². The molecule has 7 nitrogen and oxygen atoms in total. The van der Waals surface area contributed by atoms with Crippen LogP contribution in [-0.4, -0.2) is 28.4 Å². The van der Waals surface area contributed by atoms with Crippen LogP contribution in [0.3, 0.4) is 0 Å². The van der Waals surface area contributed by atoms with Crippen LogP contribution < -0.4 is 19.6 Å². The van der Waals surface area contributed by atoms with Crippen LogP contribution in [0.25, 0.3) is 6.08 Å². The zero-order chi connectivity index (χ0) is 25.3. The van der Waals surface area contributed by atoms with Crippen LogP contribution in [0.2, 0.25) is 0 Å². The van der Waals surface area contributed by atoms with Crippen LogP contribution >= 0.6 is 33.9 Å². The number of ether oxygens (including phenoxy) is 2. The smallest absolute Gasteiger partial charge is 0.338 e. The average Bonchev–Trinajstić information content (AvgIpc) is 3.10. The molecule has 0 bridgehead atoms. The normalized spacial score (nSPS) is 15.7. The number of aromatic hydroxyl groups is 1. The van der Waals surface area contributed by atoms with Gasteiger partial charge in [-0.25, -0.2) is 9.79 Å². The third-order valence-corrected chi connectivity index (χ3v) is 7.15.